The molecule has 1 amide bonds. The SMILES string of the molecule is CC(CCCO)NC(=O)c1ncccc1N. The molecule has 0 aromatic carbocycles. The second kappa shape index (κ2) is 6.07. The van der Waals surface area contributed by atoms with Crippen molar-refractivity contribution in [2.45, 2.75) is 25.8 Å². The number of carbonyl (C=O) groups excluding carboxylic acids is 1. The molecular formula is C11H17N3O2. The number of carbonyl (C=O) groups is 1. The summed E-state index contributed by atoms with van der Waals surface area (Å²) in [5, 5.41) is 11.4. The predicted molar refractivity (Wildman–Crippen MR) is 61.9 cm³/mol. The van der Waals surface area contributed by atoms with Gasteiger partial charge in [-0.05, 0) is 31.9 Å². The molecule has 0 spiro atoms. The fraction of sp³-hybridized carbons (Fsp3) is 0.455. The van der Waals surface area contributed by atoms with E-state index >= 15 is 0 Å². The summed E-state index contributed by atoms with van der Waals surface area (Å²) in [4.78, 5) is 15.6. The van der Waals surface area contributed by atoms with E-state index in [1.807, 2.05) is 6.92 Å². The molecule has 0 saturated carbocycles. The van der Waals surface area contributed by atoms with Crippen LogP contribution in [-0.2, 0) is 0 Å². The van der Waals surface area contributed by atoms with E-state index in [1.165, 1.54) is 6.20 Å². The first kappa shape index (κ1) is 12.4. The van der Waals surface area contributed by atoms with Gasteiger partial charge in [-0.15, -0.1) is 0 Å². The van der Waals surface area contributed by atoms with Crippen LogP contribution in [0.15, 0.2) is 18.3 Å². The number of rotatable bonds is 5. The highest BCUT2D eigenvalue weighted by atomic mass is 16.2. The van der Waals surface area contributed by atoms with Crippen LogP contribution in [0.1, 0.15) is 30.3 Å². The van der Waals surface area contributed by atoms with Crippen LogP contribution in [0.25, 0.3) is 0 Å². The standard InChI is InChI=1S/C11H17N3O2/c1-8(4-3-7-15)14-11(16)10-9(12)5-2-6-13-10/h2,5-6,8,15H,3-4,7,12H2,1H3,(H,14,16). The van der Waals surface area contributed by atoms with Gasteiger partial charge in [0.1, 0.15) is 0 Å². The molecule has 4 N–H and O–H groups in total. The lowest BCUT2D eigenvalue weighted by Crippen LogP contribution is -2.33. The molecular weight excluding hydrogens is 206 g/mol. The predicted octanol–water partition coefficient (Wildman–Crippen LogP) is 0.555. The number of anilines is 1. The summed E-state index contributed by atoms with van der Waals surface area (Å²) in [6.45, 7) is 2.01. The number of nitrogens with one attached hydrogen (secondary N) is 1. The van der Waals surface area contributed by atoms with Gasteiger partial charge in [-0.2, -0.15) is 0 Å². The maximum Gasteiger partial charge on any atom is 0.272 e. The lowest BCUT2D eigenvalue weighted by Gasteiger charge is -2.13. The first-order valence-corrected chi connectivity index (χ1v) is 5.27. The quantitative estimate of drug-likeness (QED) is 0.680. The number of aliphatic hydroxyl groups is 1. The molecule has 0 bridgehead atoms. The van der Waals surface area contributed by atoms with Gasteiger partial charge in [0.05, 0.1) is 5.69 Å². The number of aliphatic hydroxyl groups excluding tert-OH is 1. The highest BCUT2D eigenvalue weighted by molar-refractivity contribution is 5.97. The van der Waals surface area contributed by atoms with Gasteiger partial charge in [0.15, 0.2) is 5.69 Å². The summed E-state index contributed by atoms with van der Waals surface area (Å²) in [6.07, 6.45) is 2.93. The molecule has 0 aliphatic carbocycles. The summed E-state index contributed by atoms with van der Waals surface area (Å²) >= 11 is 0. The minimum Gasteiger partial charge on any atom is -0.397 e. The Morgan fingerprint density at radius 3 is 3.06 bits per heavy atom. The summed E-state index contributed by atoms with van der Waals surface area (Å²) in [5.41, 5.74) is 6.25. The average molecular weight is 223 g/mol. The van der Waals surface area contributed by atoms with Crippen LogP contribution in [0, 0.1) is 0 Å². The minimum atomic E-state index is -0.275. The smallest absolute Gasteiger partial charge is 0.272 e. The summed E-state index contributed by atoms with van der Waals surface area (Å²) in [7, 11) is 0. The Hall–Kier alpha value is -1.62. The highest BCUT2D eigenvalue weighted by Crippen LogP contribution is 2.07. The second-order valence-electron chi connectivity index (χ2n) is 3.68. The summed E-state index contributed by atoms with van der Waals surface area (Å²) in [6, 6.07) is 3.32. The zero-order chi connectivity index (χ0) is 12.0. The normalized spacial score (nSPS) is 12.1. The van der Waals surface area contributed by atoms with E-state index in [2.05, 4.69) is 10.3 Å². The van der Waals surface area contributed by atoms with Gasteiger partial charge in [-0.3, -0.25) is 4.79 Å². The molecule has 0 radical (unpaired) electrons. The first-order chi connectivity index (χ1) is 7.65. The maximum atomic E-state index is 11.7. The molecule has 1 unspecified atom stereocenters. The van der Waals surface area contributed by atoms with E-state index in [0.29, 0.717) is 12.1 Å². The Balaban J connectivity index is 2.56. The van der Waals surface area contributed by atoms with Crippen molar-refractivity contribution in [1.82, 2.24) is 10.3 Å². The largest absolute Gasteiger partial charge is 0.397 e. The van der Waals surface area contributed by atoms with Gasteiger partial charge >= 0.3 is 0 Å². The van der Waals surface area contributed by atoms with E-state index in [4.69, 9.17) is 10.8 Å². The van der Waals surface area contributed by atoms with E-state index in [9.17, 15) is 4.79 Å². The van der Waals surface area contributed by atoms with Crippen molar-refractivity contribution in [2.75, 3.05) is 12.3 Å². The molecule has 1 heterocycles. The van der Waals surface area contributed by atoms with Gasteiger partial charge in [0.25, 0.3) is 5.91 Å². The molecule has 5 nitrogen and oxygen atoms in total. The number of amides is 1. The maximum absolute atomic E-state index is 11.7. The Bertz CT molecular complexity index is 355. The number of hydrogen-bond donors (Lipinski definition) is 3. The summed E-state index contributed by atoms with van der Waals surface area (Å²) in [5.74, 6) is -0.275. The number of aromatic nitrogens is 1. The third-order valence-corrected chi connectivity index (χ3v) is 2.23. The molecule has 1 aromatic rings. The Labute approximate surface area is 94.7 Å². The van der Waals surface area contributed by atoms with Crippen LogP contribution in [0.4, 0.5) is 5.69 Å². The average Bonchev–Trinajstić information content (AvgIpc) is 2.26. The van der Waals surface area contributed by atoms with Crippen molar-refractivity contribution in [3.8, 4) is 0 Å². The van der Waals surface area contributed by atoms with Crippen LogP contribution in [0.3, 0.4) is 0 Å². The molecule has 88 valence electrons. The first-order valence-electron chi connectivity index (χ1n) is 5.27. The molecule has 0 fully saturated rings. The third-order valence-electron chi connectivity index (χ3n) is 2.23. The molecule has 5 heteroatoms. The fourth-order valence-corrected chi connectivity index (χ4v) is 1.37. The van der Waals surface area contributed by atoms with Gasteiger partial charge < -0.3 is 16.2 Å². The van der Waals surface area contributed by atoms with Crippen molar-refractivity contribution in [3.63, 3.8) is 0 Å². The summed E-state index contributed by atoms with van der Waals surface area (Å²) < 4.78 is 0. The van der Waals surface area contributed by atoms with E-state index in [0.717, 1.165) is 6.42 Å². The molecule has 0 aliphatic rings. The van der Waals surface area contributed by atoms with Crippen LogP contribution >= 0.6 is 0 Å². The van der Waals surface area contributed by atoms with Gasteiger partial charge in [-0.25, -0.2) is 4.98 Å². The molecule has 0 saturated heterocycles. The number of nitrogens with zero attached hydrogens (tertiary/aromatic N) is 1. The van der Waals surface area contributed by atoms with Crippen LogP contribution < -0.4 is 11.1 Å². The molecule has 16 heavy (non-hydrogen) atoms. The Morgan fingerprint density at radius 1 is 1.69 bits per heavy atom. The van der Waals surface area contributed by atoms with E-state index in [-0.39, 0.29) is 24.2 Å². The van der Waals surface area contributed by atoms with Crippen molar-refractivity contribution >= 4 is 11.6 Å². The zero-order valence-electron chi connectivity index (χ0n) is 9.31. The zero-order valence-corrected chi connectivity index (χ0v) is 9.31. The lowest BCUT2D eigenvalue weighted by molar-refractivity contribution is 0.0932. The van der Waals surface area contributed by atoms with Crippen molar-refractivity contribution in [3.05, 3.63) is 24.0 Å². The molecule has 0 aliphatic heterocycles. The van der Waals surface area contributed by atoms with Crippen LogP contribution in [0.5, 0.6) is 0 Å². The Morgan fingerprint density at radius 2 is 2.44 bits per heavy atom. The van der Waals surface area contributed by atoms with Gasteiger partial charge in [0, 0.05) is 18.8 Å². The van der Waals surface area contributed by atoms with E-state index in [1.54, 1.807) is 12.1 Å². The van der Waals surface area contributed by atoms with Gasteiger partial charge in [-0.1, -0.05) is 0 Å². The number of hydrogen-bond acceptors (Lipinski definition) is 4. The van der Waals surface area contributed by atoms with Crippen molar-refractivity contribution < 1.29 is 9.90 Å². The molecule has 1 atom stereocenters. The number of pyridine rings is 1. The highest BCUT2D eigenvalue weighted by Gasteiger charge is 2.12. The lowest BCUT2D eigenvalue weighted by atomic mass is 10.2. The molecule has 1 aromatic heterocycles. The monoisotopic (exact) mass is 223 g/mol. The van der Waals surface area contributed by atoms with Crippen LogP contribution in [-0.4, -0.2) is 28.6 Å². The van der Waals surface area contributed by atoms with E-state index < -0.39 is 0 Å². The topological polar surface area (TPSA) is 88.2 Å². The molecule has 1 rings (SSSR count). The fourth-order valence-electron chi connectivity index (χ4n) is 1.37. The van der Waals surface area contributed by atoms with Crippen LogP contribution in [0.2, 0.25) is 0 Å². The Kier molecular flexibility index (Phi) is 4.72. The third kappa shape index (κ3) is 3.51. The minimum absolute atomic E-state index is 0.000978. The second-order valence-corrected chi connectivity index (χ2v) is 3.68. The van der Waals surface area contributed by atoms with Gasteiger partial charge in [0.2, 0.25) is 0 Å². The van der Waals surface area contributed by atoms with Crippen molar-refractivity contribution in [1.29, 1.82) is 0 Å². The van der Waals surface area contributed by atoms with Crippen molar-refractivity contribution in [2.24, 2.45) is 0 Å². The number of nitrogen functional groups attached to an aromatic ring is 1. The number of nitrogens with two attached hydrogens (primary N) is 1.